The molecule has 1 saturated heterocycles. The zero-order valence-corrected chi connectivity index (χ0v) is 19.8. The molecule has 0 spiro atoms. The number of ether oxygens (including phenoxy) is 2. The molecule has 0 aliphatic carbocycles. The second-order valence-electron chi connectivity index (χ2n) is 7.59. The molecule has 7 nitrogen and oxygen atoms in total. The van der Waals surface area contributed by atoms with Crippen LogP contribution in [-0.2, 0) is 23.1 Å². The van der Waals surface area contributed by atoms with Crippen molar-refractivity contribution in [2.24, 2.45) is 0 Å². The van der Waals surface area contributed by atoms with Gasteiger partial charge in [0.1, 0.15) is 17.9 Å². The van der Waals surface area contributed by atoms with Gasteiger partial charge in [-0.25, -0.2) is 4.79 Å². The quantitative estimate of drug-likeness (QED) is 0.178. The predicted molar refractivity (Wildman–Crippen MR) is 116 cm³/mol. The lowest BCUT2D eigenvalue weighted by molar-refractivity contribution is -0.141. The summed E-state index contributed by atoms with van der Waals surface area (Å²) >= 11 is 0. The SMILES string of the molecule is C=C(C)C(=O)OCC(O)CNCCCC1(OCC)CCCC[Si]1(OCC)OCC. The van der Waals surface area contributed by atoms with Crippen LogP contribution in [0.3, 0.4) is 0 Å². The van der Waals surface area contributed by atoms with Gasteiger partial charge in [-0.15, -0.1) is 0 Å². The number of hydrogen-bond acceptors (Lipinski definition) is 7. The van der Waals surface area contributed by atoms with Crippen molar-refractivity contribution in [1.29, 1.82) is 0 Å². The van der Waals surface area contributed by atoms with Crippen molar-refractivity contribution < 1.29 is 28.2 Å². The van der Waals surface area contributed by atoms with Gasteiger partial charge in [-0.2, -0.15) is 0 Å². The van der Waals surface area contributed by atoms with Gasteiger partial charge in [0.05, 0.1) is 0 Å². The minimum Gasteiger partial charge on any atom is -0.460 e. The molecule has 2 atom stereocenters. The third kappa shape index (κ3) is 7.77. The van der Waals surface area contributed by atoms with E-state index in [1.165, 1.54) is 0 Å². The highest BCUT2D eigenvalue weighted by Gasteiger charge is 2.59. The summed E-state index contributed by atoms with van der Waals surface area (Å²) in [7, 11) is -2.47. The van der Waals surface area contributed by atoms with Gasteiger partial charge >= 0.3 is 14.5 Å². The van der Waals surface area contributed by atoms with Crippen LogP contribution in [0.5, 0.6) is 0 Å². The van der Waals surface area contributed by atoms with Gasteiger partial charge in [0, 0.05) is 31.9 Å². The summed E-state index contributed by atoms with van der Waals surface area (Å²) in [5, 5.41) is 12.9. The first kappa shape index (κ1) is 26.3. The molecule has 0 saturated carbocycles. The van der Waals surface area contributed by atoms with E-state index < -0.39 is 20.6 Å². The molecule has 0 bridgehead atoms. The van der Waals surface area contributed by atoms with E-state index >= 15 is 0 Å². The van der Waals surface area contributed by atoms with Gasteiger partial charge in [-0.3, -0.25) is 0 Å². The standard InChI is InChI=1S/C21H41NO6Si/c1-6-26-21(12-9-10-15-29(21,27-7-2)28-8-3)13-11-14-22-16-19(23)17-25-20(24)18(4)5/h19,22-23H,4,6-17H2,1-3,5H3. The Labute approximate surface area is 177 Å². The number of aliphatic hydroxyl groups excluding tert-OH is 1. The fraction of sp³-hybridized carbons (Fsp3) is 0.857. The van der Waals surface area contributed by atoms with Crippen LogP contribution < -0.4 is 5.32 Å². The van der Waals surface area contributed by atoms with E-state index in [1.807, 2.05) is 20.8 Å². The Morgan fingerprint density at radius 2 is 1.90 bits per heavy atom. The molecule has 1 rings (SSSR count). The fourth-order valence-corrected chi connectivity index (χ4v) is 8.55. The van der Waals surface area contributed by atoms with Gasteiger partial charge < -0.3 is 28.7 Å². The molecule has 170 valence electrons. The number of hydrogen-bond donors (Lipinski definition) is 2. The Morgan fingerprint density at radius 3 is 2.48 bits per heavy atom. The molecule has 1 fully saturated rings. The highest BCUT2D eigenvalue weighted by molar-refractivity contribution is 6.70. The molecule has 29 heavy (non-hydrogen) atoms. The Kier molecular flexibility index (Phi) is 12.2. The molecule has 0 radical (unpaired) electrons. The van der Waals surface area contributed by atoms with Gasteiger partial charge in [-0.05, 0) is 59.5 Å². The number of aliphatic hydroxyl groups is 1. The molecule has 2 unspecified atom stereocenters. The molecular formula is C21H41NO6Si. The van der Waals surface area contributed by atoms with E-state index in [0.29, 0.717) is 31.9 Å². The molecular weight excluding hydrogens is 390 g/mol. The molecule has 0 amide bonds. The molecule has 1 aliphatic heterocycles. The molecule has 1 heterocycles. The first-order chi connectivity index (χ1) is 13.9. The first-order valence-corrected chi connectivity index (χ1v) is 13.0. The summed E-state index contributed by atoms with van der Waals surface area (Å²) in [5.74, 6) is -0.479. The molecule has 0 aromatic carbocycles. The van der Waals surface area contributed by atoms with Crippen LogP contribution in [0.25, 0.3) is 0 Å². The summed E-state index contributed by atoms with van der Waals surface area (Å²) in [6.45, 7) is 14.2. The van der Waals surface area contributed by atoms with Crippen molar-refractivity contribution in [3.05, 3.63) is 12.2 Å². The average Bonchev–Trinajstić information content (AvgIpc) is 2.68. The minimum absolute atomic E-state index is 0.0354. The Hall–Kier alpha value is -0.773. The number of carbonyl (C=O) groups excluding carboxylic acids is 1. The van der Waals surface area contributed by atoms with Gasteiger partial charge in [0.2, 0.25) is 0 Å². The maximum Gasteiger partial charge on any atom is 0.371 e. The van der Waals surface area contributed by atoms with Crippen molar-refractivity contribution in [3.8, 4) is 0 Å². The number of esters is 1. The van der Waals surface area contributed by atoms with Crippen LogP contribution in [0.2, 0.25) is 6.04 Å². The lowest BCUT2D eigenvalue weighted by Crippen LogP contribution is -2.66. The topological polar surface area (TPSA) is 86.3 Å². The molecule has 8 heteroatoms. The van der Waals surface area contributed by atoms with Crippen LogP contribution in [-0.4, -0.2) is 70.5 Å². The molecule has 0 aromatic rings. The average molecular weight is 432 g/mol. The minimum atomic E-state index is -2.47. The summed E-state index contributed by atoms with van der Waals surface area (Å²) in [6.07, 6.45) is 4.28. The largest absolute Gasteiger partial charge is 0.460 e. The van der Waals surface area contributed by atoms with E-state index in [2.05, 4.69) is 11.9 Å². The summed E-state index contributed by atoms with van der Waals surface area (Å²) in [6, 6.07) is 0.981. The van der Waals surface area contributed by atoms with E-state index in [4.69, 9.17) is 18.3 Å². The monoisotopic (exact) mass is 431 g/mol. The lowest BCUT2D eigenvalue weighted by Gasteiger charge is -2.49. The second kappa shape index (κ2) is 13.5. The van der Waals surface area contributed by atoms with Crippen molar-refractivity contribution in [1.82, 2.24) is 5.32 Å². The van der Waals surface area contributed by atoms with Crippen molar-refractivity contribution >= 4 is 14.5 Å². The first-order valence-electron chi connectivity index (χ1n) is 11.0. The van der Waals surface area contributed by atoms with E-state index in [1.54, 1.807) is 6.92 Å². The molecule has 2 N–H and O–H groups in total. The maximum absolute atomic E-state index is 11.4. The van der Waals surface area contributed by atoms with Crippen molar-refractivity contribution in [3.63, 3.8) is 0 Å². The predicted octanol–water partition coefficient (Wildman–Crippen LogP) is 2.85. The van der Waals surface area contributed by atoms with Crippen molar-refractivity contribution in [2.75, 3.05) is 39.5 Å². The summed E-state index contributed by atoms with van der Waals surface area (Å²) in [4.78, 5) is 11.4. The van der Waals surface area contributed by atoms with Crippen LogP contribution in [0.4, 0.5) is 0 Å². The maximum atomic E-state index is 11.4. The van der Waals surface area contributed by atoms with Crippen LogP contribution >= 0.6 is 0 Å². The third-order valence-electron chi connectivity index (χ3n) is 5.28. The van der Waals surface area contributed by atoms with Crippen LogP contribution in [0, 0.1) is 0 Å². The van der Waals surface area contributed by atoms with E-state index in [9.17, 15) is 9.90 Å². The van der Waals surface area contributed by atoms with E-state index in [-0.39, 0.29) is 11.8 Å². The summed E-state index contributed by atoms with van der Waals surface area (Å²) in [5.41, 5.74) is 0.329. The van der Waals surface area contributed by atoms with E-state index in [0.717, 1.165) is 44.7 Å². The fourth-order valence-electron chi connectivity index (χ4n) is 4.07. The number of carbonyl (C=O) groups is 1. The van der Waals surface area contributed by atoms with Crippen LogP contribution in [0.15, 0.2) is 12.2 Å². The molecule has 0 aromatic heterocycles. The smallest absolute Gasteiger partial charge is 0.371 e. The second-order valence-corrected chi connectivity index (χ2v) is 11.1. The highest BCUT2D eigenvalue weighted by Crippen LogP contribution is 2.43. The van der Waals surface area contributed by atoms with Crippen molar-refractivity contribution in [2.45, 2.75) is 77.2 Å². The third-order valence-corrected chi connectivity index (χ3v) is 9.83. The van der Waals surface area contributed by atoms with Gasteiger partial charge in [0.15, 0.2) is 0 Å². The zero-order chi connectivity index (χ0) is 21.8. The number of rotatable bonds is 15. The van der Waals surface area contributed by atoms with Gasteiger partial charge in [-0.1, -0.05) is 19.4 Å². The number of nitrogens with one attached hydrogen (secondary N) is 1. The highest BCUT2D eigenvalue weighted by atomic mass is 28.4. The Bertz CT molecular complexity index is 488. The Balaban J connectivity index is 2.56. The van der Waals surface area contributed by atoms with Gasteiger partial charge in [0.25, 0.3) is 0 Å². The normalized spacial score (nSPS) is 22.2. The molecule has 1 aliphatic rings. The van der Waals surface area contributed by atoms with Crippen LogP contribution in [0.1, 0.15) is 59.8 Å². The Morgan fingerprint density at radius 1 is 1.21 bits per heavy atom. The zero-order valence-electron chi connectivity index (χ0n) is 18.8. The summed E-state index contributed by atoms with van der Waals surface area (Å²) < 4.78 is 24.0. The lowest BCUT2D eigenvalue weighted by atomic mass is 10.1.